The molecule has 2 nitrogen and oxygen atoms in total. The minimum atomic E-state index is -0.133. The molecule has 5 aliphatic rings. The van der Waals surface area contributed by atoms with E-state index in [1.807, 2.05) is 0 Å². The highest BCUT2D eigenvalue weighted by Crippen LogP contribution is 2.77. The van der Waals surface area contributed by atoms with E-state index < -0.39 is 0 Å². The molecule has 3 N–H and O–H groups in total. The van der Waals surface area contributed by atoms with Crippen molar-refractivity contribution < 1.29 is 5.11 Å². The van der Waals surface area contributed by atoms with E-state index >= 15 is 0 Å². The van der Waals surface area contributed by atoms with Crippen LogP contribution in [0.2, 0.25) is 0 Å². The molecule has 0 aromatic carbocycles. The zero-order chi connectivity index (χ0) is 23.3. The molecule has 0 aromatic heterocycles. The molecular formula is C30H51NO. The first-order chi connectivity index (χ1) is 14.9. The molecule has 182 valence electrons. The summed E-state index contributed by atoms with van der Waals surface area (Å²) in [6, 6.07) is 0. The van der Waals surface area contributed by atoms with E-state index in [2.05, 4.69) is 48.1 Å². The fourth-order valence-electron chi connectivity index (χ4n) is 11.6. The molecule has 0 spiro atoms. The molecule has 5 saturated carbocycles. The Kier molecular flexibility index (Phi) is 5.19. The van der Waals surface area contributed by atoms with Gasteiger partial charge in [0.25, 0.3) is 0 Å². The molecule has 0 aromatic rings. The first-order valence-corrected chi connectivity index (χ1v) is 13.9. The fourth-order valence-corrected chi connectivity index (χ4v) is 11.6. The van der Waals surface area contributed by atoms with Gasteiger partial charge in [-0.3, -0.25) is 0 Å². The predicted octanol–water partition coefficient (Wildman–Crippen LogP) is 6.96. The van der Waals surface area contributed by atoms with Gasteiger partial charge in [-0.2, -0.15) is 0 Å². The van der Waals surface area contributed by atoms with Gasteiger partial charge >= 0.3 is 0 Å². The maximum Gasteiger partial charge on any atom is 0.0594 e. The smallest absolute Gasteiger partial charge is 0.0594 e. The summed E-state index contributed by atoms with van der Waals surface area (Å²) in [7, 11) is 0. The van der Waals surface area contributed by atoms with Crippen molar-refractivity contribution in [3.05, 3.63) is 12.2 Å². The maximum absolute atomic E-state index is 10.9. The standard InChI is InChI=1S/C30H51NO/c1-19(2)20-10-15-30(18-31)17-16-28(6)21(25(20)30)8-9-23-27(5)13-12-24(32)26(3,4)22(27)11-14-29(23,28)7/h20-25,32H,1,8-18,31H2,2-7H3/t20-,21?,22?,23?,24-,25?,27-,28+,29+,30+/m0/s1. The van der Waals surface area contributed by atoms with Crippen molar-refractivity contribution in [2.24, 2.45) is 62.4 Å². The third kappa shape index (κ3) is 2.66. The number of nitrogens with two attached hydrogens (primary N) is 1. The average molecular weight is 442 g/mol. The predicted molar refractivity (Wildman–Crippen MR) is 134 cm³/mol. The van der Waals surface area contributed by atoms with Crippen molar-refractivity contribution in [2.75, 3.05) is 6.54 Å². The van der Waals surface area contributed by atoms with E-state index in [9.17, 15) is 5.11 Å². The number of fused-ring (bicyclic) bond motifs is 7. The molecule has 0 heterocycles. The van der Waals surface area contributed by atoms with Crippen LogP contribution in [0.3, 0.4) is 0 Å². The second-order valence-electron chi connectivity index (χ2n) is 14.6. The van der Waals surface area contributed by atoms with Crippen LogP contribution in [0.15, 0.2) is 12.2 Å². The van der Waals surface area contributed by atoms with E-state index in [0.717, 1.165) is 30.7 Å². The van der Waals surface area contributed by atoms with Gasteiger partial charge < -0.3 is 10.8 Å². The highest BCUT2D eigenvalue weighted by atomic mass is 16.3. The number of hydrogen-bond donors (Lipinski definition) is 2. The van der Waals surface area contributed by atoms with Crippen molar-refractivity contribution in [3.63, 3.8) is 0 Å². The third-order valence-corrected chi connectivity index (χ3v) is 13.6. The fraction of sp³-hybridized carbons (Fsp3) is 0.933. The quantitative estimate of drug-likeness (QED) is 0.455. The number of rotatable bonds is 2. The lowest BCUT2D eigenvalue weighted by Gasteiger charge is -2.73. The van der Waals surface area contributed by atoms with Gasteiger partial charge in [0.1, 0.15) is 0 Å². The SMILES string of the molecule is C=C(C)[C@@H]1CC[C@]2(CN)CC[C@]3(C)C(CCC4[C@@]5(C)CC[C@H](O)C(C)(C)C5CC[C@]43C)C12. The van der Waals surface area contributed by atoms with E-state index in [1.54, 1.807) is 0 Å². The Balaban J connectivity index is 1.55. The molecule has 5 aliphatic carbocycles. The number of aliphatic hydroxyl groups is 1. The Morgan fingerprint density at radius 3 is 2.22 bits per heavy atom. The van der Waals surface area contributed by atoms with Crippen LogP contribution in [0.25, 0.3) is 0 Å². The van der Waals surface area contributed by atoms with Crippen LogP contribution in [-0.4, -0.2) is 17.8 Å². The van der Waals surface area contributed by atoms with Gasteiger partial charge in [-0.1, -0.05) is 46.8 Å². The minimum absolute atomic E-state index is 0.0455. The minimum Gasteiger partial charge on any atom is -0.393 e. The normalized spacial score (nSPS) is 56.5. The summed E-state index contributed by atoms with van der Waals surface area (Å²) in [4.78, 5) is 0. The third-order valence-electron chi connectivity index (χ3n) is 13.6. The van der Waals surface area contributed by atoms with E-state index in [1.165, 1.54) is 63.4 Å². The van der Waals surface area contributed by atoms with Crippen molar-refractivity contribution in [2.45, 2.75) is 112 Å². The van der Waals surface area contributed by atoms with Gasteiger partial charge in [0, 0.05) is 0 Å². The van der Waals surface area contributed by atoms with Crippen LogP contribution < -0.4 is 5.73 Å². The Hall–Kier alpha value is -0.340. The summed E-state index contributed by atoms with van der Waals surface area (Å²) in [6.45, 7) is 20.4. The van der Waals surface area contributed by atoms with Crippen molar-refractivity contribution >= 4 is 0 Å². The Morgan fingerprint density at radius 1 is 0.844 bits per heavy atom. The Morgan fingerprint density at radius 2 is 1.56 bits per heavy atom. The topological polar surface area (TPSA) is 46.2 Å². The molecule has 2 heteroatoms. The van der Waals surface area contributed by atoms with Gasteiger partial charge in [0.15, 0.2) is 0 Å². The van der Waals surface area contributed by atoms with Gasteiger partial charge in [-0.15, -0.1) is 0 Å². The number of aliphatic hydroxyl groups excluding tert-OH is 1. The van der Waals surface area contributed by atoms with Crippen LogP contribution >= 0.6 is 0 Å². The monoisotopic (exact) mass is 441 g/mol. The lowest BCUT2D eigenvalue weighted by molar-refractivity contribution is -0.247. The van der Waals surface area contributed by atoms with Gasteiger partial charge in [-0.25, -0.2) is 0 Å². The lowest BCUT2D eigenvalue weighted by atomic mass is 9.32. The largest absolute Gasteiger partial charge is 0.393 e. The zero-order valence-corrected chi connectivity index (χ0v) is 22.0. The molecule has 4 unspecified atom stereocenters. The summed E-state index contributed by atoms with van der Waals surface area (Å²) in [5.74, 6) is 3.67. The van der Waals surface area contributed by atoms with Crippen LogP contribution in [0.5, 0.6) is 0 Å². The molecule has 0 saturated heterocycles. The van der Waals surface area contributed by atoms with Crippen molar-refractivity contribution in [1.82, 2.24) is 0 Å². The second-order valence-corrected chi connectivity index (χ2v) is 14.6. The maximum atomic E-state index is 10.9. The lowest BCUT2D eigenvalue weighted by Crippen LogP contribution is -2.67. The van der Waals surface area contributed by atoms with Crippen LogP contribution in [0, 0.1) is 56.7 Å². The zero-order valence-electron chi connectivity index (χ0n) is 22.0. The van der Waals surface area contributed by atoms with Crippen molar-refractivity contribution in [1.29, 1.82) is 0 Å². The molecule has 32 heavy (non-hydrogen) atoms. The molecule has 5 fully saturated rings. The van der Waals surface area contributed by atoms with E-state index in [4.69, 9.17) is 5.73 Å². The van der Waals surface area contributed by atoms with Gasteiger partial charge in [0.2, 0.25) is 0 Å². The summed E-state index contributed by atoms with van der Waals surface area (Å²) in [6.07, 6.45) is 12.8. The number of hydrogen-bond acceptors (Lipinski definition) is 2. The van der Waals surface area contributed by atoms with Crippen LogP contribution in [0.1, 0.15) is 106 Å². The van der Waals surface area contributed by atoms with Gasteiger partial charge in [-0.05, 0) is 134 Å². The van der Waals surface area contributed by atoms with E-state index in [0.29, 0.717) is 33.5 Å². The molecule has 5 rings (SSSR count). The second kappa shape index (κ2) is 7.09. The molecular weight excluding hydrogens is 390 g/mol. The highest BCUT2D eigenvalue weighted by Gasteiger charge is 2.70. The molecule has 10 atom stereocenters. The Labute approximate surface area is 198 Å². The van der Waals surface area contributed by atoms with Crippen LogP contribution in [0.4, 0.5) is 0 Å². The summed E-state index contributed by atoms with van der Waals surface area (Å²) in [5, 5.41) is 10.9. The summed E-state index contributed by atoms with van der Waals surface area (Å²) < 4.78 is 0. The molecule has 0 aliphatic heterocycles. The summed E-state index contributed by atoms with van der Waals surface area (Å²) in [5.41, 5.74) is 9.59. The first kappa shape index (κ1) is 23.4. The molecule has 0 radical (unpaired) electrons. The highest BCUT2D eigenvalue weighted by molar-refractivity contribution is 5.21. The number of allylic oxidation sites excluding steroid dienone is 1. The van der Waals surface area contributed by atoms with Crippen LogP contribution in [-0.2, 0) is 0 Å². The van der Waals surface area contributed by atoms with E-state index in [-0.39, 0.29) is 11.5 Å². The average Bonchev–Trinajstić information content (AvgIpc) is 3.12. The molecule has 0 amide bonds. The van der Waals surface area contributed by atoms with Crippen molar-refractivity contribution in [3.8, 4) is 0 Å². The Bertz CT molecular complexity index is 788. The van der Waals surface area contributed by atoms with Gasteiger partial charge in [0.05, 0.1) is 6.10 Å². The first-order valence-electron chi connectivity index (χ1n) is 13.9. The summed E-state index contributed by atoms with van der Waals surface area (Å²) >= 11 is 0. The molecule has 0 bridgehead atoms.